The molecule has 0 unspecified atom stereocenters. The molecule has 0 aromatic heterocycles. The van der Waals surface area contributed by atoms with E-state index >= 15 is 0 Å². The summed E-state index contributed by atoms with van der Waals surface area (Å²) in [4.78, 5) is 0. The Morgan fingerprint density at radius 3 is 0.520 bits per heavy atom. The second-order valence-corrected chi connectivity index (χ2v) is 41.3. The van der Waals surface area contributed by atoms with Gasteiger partial charge in [0.15, 0.2) is 0 Å². The monoisotopic (exact) mass is 1200 g/mol. The second-order valence-electron chi connectivity index (χ2n) is 25.8. The molecule has 0 fully saturated rings. The molecule has 6 aromatic rings. The standard InChI is InChI=1S/C72H98Se3/c1-39(2)51-31-59(43(9)10)67(60(32-51)44(11)12)55-27-25-28-56(68-61(45(13)14)33-52(40(3)4)34-62(68)46(15)16)71(55)73-75-74-72-57(69-63(47(17)18)35-53(41(5)6)36-64(69)48(19)20)29-26-30-58(72)70-65(49(21)22)37-54(42(7)8)38-66(70)50(23)24/h25-50H,1-24H3. The quantitative estimate of drug-likeness (QED) is 0.0669. The van der Waals surface area contributed by atoms with E-state index in [1.54, 1.807) is 8.92 Å². The van der Waals surface area contributed by atoms with E-state index in [2.05, 4.69) is 251 Å². The third kappa shape index (κ3) is 13.3. The van der Waals surface area contributed by atoms with Crippen molar-refractivity contribution >= 4 is 46.5 Å². The van der Waals surface area contributed by atoms with E-state index in [4.69, 9.17) is 0 Å². The molecular weight excluding hydrogens is 1100 g/mol. The summed E-state index contributed by atoms with van der Waals surface area (Å²) in [6.07, 6.45) is 0. The third-order valence-electron chi connectivity index (χ3n) is 15.9. The van der Waals surface area contributed by atoms with Crippen molar-refractivity contribution in [1.82, 2.24) is 0 Å². The Bertz CT molecular complexity index is 2430. The molecule has 0 N–H and O–H groups in total. The topological polar surface area (TPSA) is 0 Å². The Morgan fingerprint density at radius 2 is 0.387 bits per heavy atom. The van der Waals surface area contributed by atoms with E-state index < -0.39 is 0 Å². The van der Waals surface area contributed by atoms with Crippen molar-refractivity contribution < 1.29 is 0 Å². The van der Waals surface area contributed by atoms with Gasteiger partial charge in [0.25, 0.3) is 0 Å². The molecule has 75 heavy (non-hydrogen) atoms. The Labute approximate surface area is 476 Å². The van der Waals surface area contributed by atoms with Gasteiger partial charge in [0.2, 0.25) is 0 Å². The average molecular weight is 1200 g/mol. The number of rotatable bonds is 20. The first kappa shape index (κ1) is 61.1. The molecule has 0 radical (unpaired) electrons. The predicted molar refractivity (Wildman–Crippen MR) is 340 cm³/mol. The average Bonchev–Trinajstić information content (AvgIpc) is 3.34. The van der Waals surface area contributed by atoms with Crippen LogP contribution in [0.1, 0.15) is 304 Å². The van der Waals surface area contributed by atoms with Gasteiger partial charge in [0, 0.05) is 0 Å². The van der Waals surface area contributed by atoms with Crippen LogP contribution in [0, 0.1) is 0 Å². The summed E-state index contributed by atoms with van der Waals surface area (Å²) in [5, 5.41) is 0. The van der Waals surface area contributed by atoms with Crippen molar-refractivity contribution in [1.29, 1.82) is 0 Å². The van der Waals surface area contributed by atoms with E-state index in [9.17, 15) is 0 Å². The van der Waals surface area contributed by atoms with Crippen molar-refractivity contribution in [2.45, 2.75) is 237 Å². The van der Waals surface area contributed by atoms with Crippen LogP contribution in [0.25, 0.3) is 44.5 Å². The van der Waals surface area contributed by atoms with E-state index in [-0.39, 0.29) is 26.3 Å². The molecule has 0 heterocycles. The molecule has 0 aliphatic carbocycles. The molecule has 6 aromatic carbocycles. The van der Waals surface area contributed by atoms with Gasteiger partial charge in [-0.05, 0) is 0 Å². The Hall–Kier alpha value is -3.12. The zero-order valence-corrected chi connectivity index (χ0v) is 56.4. The van der Waals surface area contributed by atoms with Gasteiger partial charge < -0.3 is 0 Å². The number of benzene rings is 6. The maximum absolute atomic E-state index is 2.58. The Morgan fingerprint density at radius 1 is 0.227 bits per heavy atom. The fourth-order valence-corrected chi connectivity index (χ4v) is 29.1. The predicted octanol–water partition coefficient (Wildman–Crippen LogP) is 20.7. The van der Waals surface area contributed by atoms with Gasteiger partial charge in [0.05, 0.1) is 0 Å². The van der Waals surface area contributed by atoms with Crippen molar-refractivity contribution in [3.8, 4) is 44.5 Å². The number of hydrogen-bond acceptors (Lipinski definition) is 0. The zero-order valence-electron chi connectivity index (χ0n) is 51.2. The van der Waals surface area contributed by atoms with Gasteiger partial charge in [-0.1, -0.05) is 0 Å². The van der Waals surface area contributed by atoms with Crippen molar-refractivity contribution in [3.05, 3.63) is 152 Å². The van der Waals surface area contributed by atoms with Crippen LogP contribution in [-0.4, -0.2) is 37.6 Å². The number of hydrogen-bond donors (Lipinski definition) is 0. The molecule has 0 aliphatic heterocycles. The van der Waals surface area contributed by atoms with Gasteiger partial charge in [-0.3, -0.25) is 0 Å². The molecule has 0 saturated heterocycles. The normalized spacial score (nSPS) is 12.5. The van der Waals surface area contributed by atoms with Crippen molar-refractivity contribution in [2.24, 2.45) is 0 Å². The first-order valence-corrected chi connectivity index (χ1v) is 39.5. The van der Waals surface area contributed by atoms with Gasteiger partial charge in [-0.25, -0.2) is 0 Å². The zero-order chi connectivity index (χ0) is 55.7. The van der Waals surface area contributed by atoms with Crippen molar-refractivity contribution in [3.63, 3.8) is 0 Å². The van der Waals surface area contributed by atoms with Crippen LogP contribution >= 0.6 is 0 Å². The molecule has 404 valence electrons. The summed E-state index contributed by atoms with van der Waals surface area (Å²) in [6, 6.07) is 35.7. The maximum atomic E-state index is 2.58. The third-order valence-corrected chi connectivity index (χ3v) is 31.5. The summed E-state index contributed by atoms with van der Waals surface area (Å²) < 4.78 is 3.24. The molecule has 0 atom stereocenters. The first-order chi connectivity index (χ1) is 35.2. The molecule has 0 bridgehead atoms. The fourth-order valence-electron chi connectivity index (χ4n) is 11.2. The molecular formula is C72H98Se3. The molecule has 0 nitrogen and oxygen atoms in total. The van der Waals surface area contributed by atoms with Crippen LogP contribution in [0.15, 0.2) is 84.9 Å². The minimum absolute atomic E-state index is 0.203. The summed E-state index contributed by atoms with van der Waals surface area (Å²) in [5.74, 6) is 5.03. The van der Waals surface area contributed by atoms with Crippen molar-refractivity contribution in [2.75, 3.05) is 0 Å². The van der Waals surface area contributed by atoms with Gasteiger partial charge in [-0.15, -0.1) is 0 Å². The molecule has 0 aliphatic rings. The molecule has 0 spiro atoms. The van der Waals surface area contributed by atoms with Crippen LogP contribution in [0.5, 0.6) is 0 Å². The molecule has 6 rings (SSSR count). The summed E-state index contributed by atoms with van der Waals surface area (Å²) in [6.45, 7) is 57.9. The second kappa shape index (κ2) is 25.8. The van der Waals surface area contributed by atoms with E-state index in [1.165, 1.54) is 111 Å². The SMILES string of the molecule is CC(C)c1cc(C(C)C)c(-c2cccc(-c3c(C(C)C)cc(C(C)C)cc3C(C)C)c2[Se][Se][Se]c2c(-c3c(C(C)C)cc(C(C)C)cc3C(C)C)cccc2-c2c(C(C)C)cc(C(C)C)cc2C(C)C)c(C(C)C)c1. The van der Waals surface area contributed by atoms with Gasteiger partial charge >= 0.3 is 480 Å². The Kier molecular flexibility index (Phi) is 21.0. The summed E-state index contributed by atoms with van der Waals surface area (Å²) in [5.41, 5.74) is 29.9. The van der Waals surface area contributed by atoms with Gasteiger partial charge in [0.1, 0.15) is 0 Å². The minimum atomic E-state index is 0.203. The van der Waals surface area contributed by atoms with Crippen LogP contribution < -0.4 is 8.92 Å². The first-order valence-electron chi connectivity index (χ1n) is 29.2. The van der Waals surface area contributed by atoms with E-state index in [0.717, 1.165) is 0 Å². The summed E-state index contributed by atoms with van der Waals surface area (Å²) >= 11 is 0.724. The van der Waals surface area contributed by atoms with Crippen LogP contribution in [0.4, 0.5) is 0 Å². The molecule has 0 amide bonds. The molecule has 3 heteroatoms. The van der Waals surface area contributed by atoms with Gasteiger partial charge in [-0.2, -0.15) is 0 Å². The van der Waals surface area contributed by atoms with Crippen LogP contribution in [0.3, 0.4) is 0 Å². The van der Waals surface area contributed by atoms with Crippen LogP contribution in [0.2, 0.25) is 0 Å². The van der Waals surface area contributed by atoms with E-state index in [1.807, 2.05) is 0 Å². The summed E-state index contributed by atoms with van der Waals surface area (Å²) in [7, 11) is 0. The van der Waals surface area contributed by atoms with Crippen LogP contribution in [-0.2, 0) is 0 Å². The van der Waals surface area contributed by atoms with E-state index in [0.29, 0.717) is 82.3 Å². The Balaban J connectivity index is 1.76. The fraction of sp³-hybridized carbons (Fsp3) is 0.500. The molecule has 0 saturated carbocycles.